The summed E-state index contributed by atoms with van der Waals surface area (Å²) in [5.41, 5.74) is 0.961. The minimum absolute atomic E-state index is 0.102. The van der Waals surface area contributed by atoms with Crippen LogP contribution in [-0.2, 0) is 17.8 Å². The van der Waals surface area contributed by atoms with E-state index in [-0.39, 0.29) is 11.8 Å². The maximum atomic E-state index is 12.7. The lowest BCUT2D eigenvalue weighted by Gasteiger charge is -2.35. The minimum Gasteiger partial charge on any atom is -0.468 e. The zero-order valence-electron chi connectivity index (χ0n) is 14.3. The third kappa shape index (κ3) is 4.78. The molecule has 1 aliphatic rings. The van der Waals surface area contributed by atoms with Crippen LogP contribution < -0.4 is 0 Å². The normalized spacial score (nSPS) is 16.8. The van der Waals surface area contributed by atoms with Gasteiger partial charge in [0.15, 0.2) is 0 Å². The van der Waals surface area contributed by atoms with E-state index in [4.69, 9.17) is 27.6 Å². The van der Waals surface area contributed by atoms with Gasteiger partial charge in [0.25, 0.3) is 0 Å². The van der Waals surface area contributed by atoms with Crippen LogP contribution in [0.5, 0.6) is 0 Å². The Morgan fingerprint density at radius 1 is 1.20 bits per heavy atom. The number of carbonyl (C=O) groups is 1. The number of carbonyl (C=O) groups excluding carboxylic acids is 1. The number of hydrogen-bond acceptors (Lipinski definition) is 3. The molecule has 3 rings (SSSR count). The van der Waals surface area contributed by atoms with Gasteiger partial charge in [0.2, 0.25) is 5.91 Å². The highest BCUT2D eigenvalue weighted by atomic mass is 35.5. The highest BCUT2D eigenvalue weighted by Crippen LogP contribution is 2.24. The van der Waals surface area contributed by atoms with E-state index in [2.05, 4.69) is 4.90 Å². The first-order valence-corrected chi connectivity index (χ1v) is 9.26. The number of piperazine rings is 1. The van der Waals surface area contributed by atoms with E-state index in [9.17, 15) is 4.79 Å². The number of hydrogen-bond donors (Lipinski definition) is 0. The Hall–Kier alpha value is -1.49. The van der Waals surface area contributed by atoms with Gasteiger partial charge in [0, 0.05) is 42.1 Å². The lowest BCUT2D eigenvalue weighted by Crippen LogP contribution is -2.49. The Bertz CT molecular complexity index is 710. The zero-order chi connectivity index (χ0) is 17.8. The summed E-state index contributed by atoms with van der Waals surface area (Å²) < 4.78 is 5.39. The summed E-state index contributed by atoms with van der Waals surface area (Å²) in [6.45, 7) is 5.98. The van der Waals surface area contributed by atoms with Crippen molar-refractivity contribution in [3.8, 4) is 0 Å². The molecule has 1 aliphatic heterocycles. The van der Waals surface area contributed by atoms with Crippen molar-refractivity contribution < 1.29 is 9.21 Å². The molecule has 1 aromatic carbocycles. The van der Waals surface area contributed by atoms with E-state index in [0.29, 0.717) is 16.5 Å². The van der Waals surface area contributed by atoms with Crippen molar-refractivity contribution in [2.75, 3.05) is 26.2 Å². The molecule has 6 heteroatoms. The third-order valence-corrected chi connectivity index (χ3v) is 5.19. The first-order chi connectivity index (χ1) is 12.0. The van der Waals surface area contributed by atoms with Gasteiger partial charge in [0.1, 0.15) is 5.76 Å². The molecule has 4 nitrogen and oxygen atoms in total. The lowest BCUT2D eigenvalue weighted by atomic mass is 9.99. The molecule has 1 unspecified atom stereocenters. The van der Waals surface area contributed by atoms with E-state index >= 15 is 0 Å². The summed E-state index contributed by atoms with van der Waals surface area (Å²) in [6.07, 6.45) is 2.32. The van der Waals surface area contributed by atoms with Crippen LogP contribution >= 0.6 is 23.2 Å². The third-order valence-electron chi connectivity index (χ3n) is 4.61. The SMILES string of the molecule is CC(Cc1ccc(Cl)cc1Cl)C(=O)N1CCN(Cc2ccco2)CC1. The van der Waals surface area contributed by atoms with E-state index in [1.807, 2.05) is 36.1 Å². The van der Waals surface area contributed by atoms with E-state index in [0.717, 1.165) is 44.0 Å². The second-order valence-corrected chi connectivity index (χ2v) is 7.37. The fourth-order valence-corrected chi connectivity index (χ4v) is 3.65. The Balaban J connectivity index is 1.51. The predicted octanol–water partition coefficient (Wildman–Crippen LogP) is 4.11. The van der Waals surface area contributed by atoms with E-state index in [1.165, 1.54) is 0 Å². The van der Waals surface area contributed by atoms with Crippen molar-refractivity contribution in [2.45, 2.75) is 19.9 Å². The molecule has 25 heavy (non-hydrogen) atoms. The molecule has 134 valence electrons. The average Bonchev–Trinajstić information content (AvgIpc) is 3.10. The molecule has 1 fully saturated rings. The van der Waals surface area contributed by atoms with Crippen molar-refractivity contribution in [3.05, 3.63) is 58.0 Å². The molecule has 0 aliphatic carbocycles. The maximum absolute atomic E-state index is 12.7. The fourth-order valence-electron chi connectivity index (χ4n) is 3.17. The molecule has 2 heterocycles. The number of nitrogens with zero attached hydrogens (tertiary/aromatic N) is 2. The van der Waals surface area contributed by atoms with Gasteiger partial charge in [-0.05, 0) is 36.2 Å². The molecule has 1 saturated heterocycles. The van der Waals surface area contributed by atoms with Crippen LogP contribution in [0.4, 0.5) is 0 Å². The van der Waals surface area contributed by atoms with Gasteiger partial charge in [0.05, 0.1) is 12.8 Å². The largest absolute Gasteiger partial charge is 0.468 e. The Morgan fingerprint density at radius 2 is 1.96 bits per heavy atom. The van der Waals surface area contributed by atoms with Crippen molar-refractivity contribution >= 4 is 29.1 Å². The van der Waals surface area contributed by atoms with E-state index < -0.39 is 0 Å². The van der Waals surface area contributed by atoms with Gasteiger partial charge in [-0.25, -0.2) is 0 Å². The summed E-state index contributed by atoms with van der Waals surface area (Å²) in [6, 6.07) is 9.32. The molecule has 1 amide bonds. The first-order valence-electron chi connectivity index (χ1n) is 8.50. The Morgan fingerprint density at radius 3 is 2.60 bits per heavy atom. The number of amides is 1. The second kappa shape index (κ2) is 8.26. The van der Waals surface area contributed by atoms with Crippen LogP contribution in [-0.4, -0.2) is 41.9 Å². The van der Waals surface area contributed by atoms with Crippen LogP contribution in [0.3, 0.4) is 0 Å². The van der Waals surface area contributed by atoms with Crippen molar-refractivity contribution in [1.29, 1.82) is 0 Å². The molecule has 0 radical (unpaired) electrons. The summed E-state index contributed by atoms with van der Waals surface area (Å²) >= 11 is 12.2. The molecular formula is C19H22Cl2N2O2. The molecule has 0 bridgehead atoms. The zero-order valence-corrected chi connectivity index (χ0v) is 15.8. The second-order valence-electron chi connectivity index (χ2n) is 6.52. The average molecular weight is 381 g/mol. The lowest BCUT2D eigenvalue weighted by molar-refractivity contribution is -0.136. The number of rotatable bonds is 5. The van der Waals surface area contributed by atoms with Gasteiger partial charge in [-0.3, -0.25) is 9.69 Å². The number of furan rings is 1. The van der Waals surface area contributed by atoms with Gasteiger partial charge in [-0.15, -0.1) is 0 Å². The van der Waals surface area contributed by atoms with Crippen LogP contribution in [0.25, 0.3) is 0 Å². The Kier molecular flexibility index (Phi) is 6.05. The monoisotopic (exact) mass is 380 g/mol. The summed E-state index contributed by atoms with van der Waals surface area (Å²) in [7, 11) is 0. The van der Waals surface area contributed by atoms with Crippen LogP contribution in [0.2, 0.25) is 10.0 Å². The van der Waals surface area contributed by atoms with Crippen molar-refractivity contribution in [1.82, 2.24) is 9.80 Å². The maximum Gasteiger partial charge on any atom is 0.225 e. The molecule has 0 saturated carbocycles. The van der Waals surface area contributed by atoms with Crippen molar-refractivity contribution in [2.24, 2.45) is 5.92 Å². The van der Waals surface area contributed by atoms with Crippen molar-refractivity contribution in [3.63, 3.8) is 0 Å². The van der Waals surface area contributed by atoms with Crippen LogP contribution in [0.15, 0.2) is 41.0 Å². The smallest absolute Gasteiger partial charge is 0.225 e. The predicted molar refractivity (Wildman–Crippen MR) is 99.9 cm³/mol. The standard InChI is InChI=1S/C19H22Cl2N2O2/c1-14(11-15-4-5-16(20)12-18(15)21)19(24)23-8-6-22(7-9-23)13-17-3-2-10-25-17/h2-5,10,12,14H,6-9,11,13H2,1H3. The summed E-state index contributed by atoms with van der Waals surface area (Å²) in [5.74, 6) is 1.05. The molecule has 0 N–H and O–H groups in total. The topological polar surface area (TPSA) is 36.7 Å². The van der Waals surface area contributed by atoms with E-state index in [1.54, 1.807) is 12.3 Å². The summed E-state index contributed by atoms with van der Waals surface area (Å²) in [5, 5.41) is 1.23. The van der Waals surface area contributed by atoms with Gasteiger partial charge in [-0.2, -0.15) is 0 Å². The van der Waals surface area contributed by atoms with Gasteiger partial charge >= 0.3 is 0 Å². The quantitative estimate of drug-likeness (QED) is 0.782. The van der Waals surface area contributed by atoms with Crippen LogP contribution in [0, 0.1) is 5.92 Å². The summed E-state index contributed by atoms with van der Waals surface area (Å²) in [4.78, 5) is 17.0. The fraction of sp³-hybridized carbons (Fsp3) is 0.421. The highest BCUT2D eigenvalue weighted by molar-refractivity contribution is 6.35. The molecule has 0 spiro atoms. The molecular weight excluding hydrogens is 359 g/mol. The van der Waals surface area contributed by atoms with Gasteiger partial charge < -0.3 is 9.32 Å². The molecule has 2 aromatic rings. The molecule has 1 atom stereocenters. The number of halogens is 2. The molecule has 1 aromatic heterocycles. The minimum atomic E-state index is -0.102. The number of benzene rings is 1. The Labute approximate surface area is 158 Å². The highest BCUT2D eigenvalue weighted by Gasteiger charge is 2.25. The first kappa shape index (κ1) is 18.3. The van der Waals surface area contributed by atoms with Gasteiger partial charge in [-0.1, -0.05) is 36.2 Å². The van der Waals surface area contributed by atoms with Crippen LogP contribution in [0.1, 0.15) is 18.2 Å².